The molecule has 5 nitrogen and oxygen atoms in total. The number of likely N-dealkylation sites (tertiary alicyclic amines) is 1. The van der Waals surface area contributed by atoms with Crippen LogP contribution < -0.4 is 5.31 Å². The molecule has 0 spiro atoms. The Bertz CT molecular complexity index is 1420. The molecule has 1 fully saturated rings. The Morgan fingerprint density at radius 1 is 1.56 bits per heavy atom. The molecule has 2 aromatic heterocycles. The fourth-order valence-corrected chi connectivity index (χ4v) is 3.46. The summed E-state index contributed by atoms with van der Waals surface area (Å²) < 4.78 is 85.9. The largest absolute Gasteiger partial charge is 0.367 e. The zero-order valence-electron chi connectivity index (χ0n) is 24.2. The molecule has 27 heavy (non-hydrogen) atoms. The normalized spacial score (nSPS) is 27.1. The first-order chi connectivity index (χ1) is 17.1. The molecule has 3 aromatic rings. The summed E-state index contributed by atoms with van der Waals surface area (Å²) in [5.41, 5.74) is 0.163. The summed E-state index contributed by atoms with van der Waals surface area (Å²) in [5.74, 6) is -0.351. The highest BCUT2D eigenvalue weighted by atomic mass is 35.5. The monoisotopic (exact) mass is 407 g/mol. The fraction of sp³-hybridized carbons (Fsp3) is 0.350. The van der Waals surface area contributed by atoms with E-state index in [1.54, 1.807) is 6.92 Å². The van der Waals surface area contributed by atoms with Crippen molar-refractivity contribution in [1.29, 1.82) is 5.26 Å². The number of anilines is 1. The Hall–Kier alpha value is -2.20. The second kappa shape index (κ2) is 7.81. The Morgan fingerprint density at radius 2 is 2.37 bits per heavy atom. The van der Waals surface area contributed by atoms with E-state index in [-0.39, 0.29) is 49.6 Å². The highest BCUT2D eigenvalue weighted by molar-refractivity contribution is 7.22. The lowest BCUT2D eigenvalue weighted by Crippen LogP contribution is -2.38. The van der Waals surface area contributed by atoms with Gasteiger partial charge < -0.3 is 5.31 Å². The van der Waals surface area contributed by atoms with E-state index in [4.69, 9.17) is 25.3 Å². The number of rotatable bonds is 4. The zero-order valence-corrected chi connectivity index (χ0v) is 15.7. The third kappa shape index (κ3) is 4.06. The molecule has 1 aliphatic rings. The highest BCUT2D eigenvalue weighted by Gasteiger charge is 2.20. The second-order valence-corrected chi connectivity index (χ2v) is 7.32. The Morgan fingerprint density at radius 3 is 3.15 bits per heavy atom. The summed E-state index contributed by atoms with van der Waals surface area (Å²) in [7, 11) is 0. The van der Waals surface area contributed by atoms with Gasteiger partial charge in [0.1, 0.15) is 17.0 Å². The number of nitrogens with one attached hydrogen (secondary N) is 1. The van der Waals surface area contributed by atoms with Gasteiger partial charge in [-0.2, -0.15) is 5.26 Å². The molecule has 7 heteroatoms. The van der Waals surface area contributed by atoms with Gasteiger partial charge >= 0.3 is 0 Å². The van der Waals surface area contributed by atoms with Gasteiger partial charge in [0.05, 0.1) is 26.8 Å². The summed E-state index contributed by atoms with van der Waals surface area (Å²) in [6.07, 6.45) is -4.52. The minimum atomic E-state index is -2.89. The maximum atomic E-state index is 9.40. The Balaban J connectivity index is 1.78. The lowest BCUT2D eigenvalue weighted by atomic mass is 10.0. The number of aromatic nitrogens is 2. The lowest BCUT2D eigenvalue weighted by molar-refractivity contribution is 0.211. The summed E-state index contributed by atoms with van der Waals surface area (Å²) in [6.45, 7) is -1.41. The van der Waals surface area contributed by atoms with Gasteiger partial charge in [0, 0.05) is 32.5 Å². The third-order valence-electron chi connectivity index (χ3n) is 3.84. The maximum Gasteiger partial charge on any atom is 0.162 e. The first-order valence-corrected chi connectivity index (χ1v) is 9.14. The quantitative estimate of drug-likeness (QED) is 0.684. The van der Waals surface area contributed by atoms with Crippen molar-refractivity contribution in [3.05, 3.63) is 51.5 Å². The van der Waals surface area contributed by atoms with Crippen LogP contribution in [0.15, 0.2) is 30.5 Å². The van der Waals surface area contributed by atoms with Gasteiger partial charge in [0.25, 0.3) is 0 Å². The predicted octanol–water partition coefficient (Wildman–Crippen LogP) is 4.60. The predicted molar refractivity (Wildman–Crippen MR) is 110 cm³/mol. The van der Waals surface area contributed by atoms with Crippen LogP contribution in [0.3, 0.4) is 0 Å². The van der Waals surface area contributed by atoms with Crippen molar-refractivity contribution in [2.24, 2.45) is 0 Å². The molecule has 0 bridgehead atoms. The first-order valence-electron chi connectivity index (χ1n) is 13.0. The number of nitriles is 1. The van der Waals surface area contributed by atoms with E-state index in [2.05, 4.69) is 9.97 Å². The minimum absolute atomic E-state index is 0.00657. The molecular weight excluding hydrogens is 378 g/mol. The van der Waals surface area contributed by atoms with Crippen LogP contribution in [-0.4, -0.2) is 34.0 Å². The number of benzene rings is 1. The van der Waals surface area contributed by atoms with Crippen LogP contribution in [0.25, 0.3) is 10.2 Å². The molecule has 4 rings (SSSR count). The highest BCUT2D eigenvalue weighted by Crippen LogP contribution is 2.32. The number of nitrogens with zero attached hydrogens (tertiary/aromatic N) is 4. The number of thiophene rings is 1. The van der Waals surface area contributed by atoms with Crippen LogP contribution in [0.4, 0.5) is 5.82 Å². The van der Waals surface area contributed by atoms with Gasteiger partial charge in [-0.1, -0.05) is 23.7 Å². The first kappa shape index (κ1) is 9.83. The van der Waals surface area contributed by atoms with Crippen molar-refractivity contribution in [3.63, 3.8) is 0 Å². The third-order valence-corrected chi connectivity index (χ3v) is 4.95. The van der Waals surface area contributed by atoms with E-state index in [0.717, 1.165) is 22.6 Å². The van der Waals surface area contributed by atoms with Crippen molar-refractivity contribution < 1.29 is 13.7 Å². The van der Waals surface area contributed by atoms with Crippen molar-refractivity contribution in [2.75, 3.05) is 18.4 Å². The van der Waals surface area contributed by atoms with Crippen LogP contribution in [0.1, 0.15) is 41.8 Å². The molecule has 1 unspecified atom stereocenters. The average molecular weight is 408 g/mol. The second-order valence-electron chi connectivity index (χ2n) is 5.72. The van der Waals surface area contributed by atoms with E-state index in [1.165, 1.54) is 6.07 Å². The van der Waals surface area contributed by atoms with Crippen molar-refractivity contribution in [3.8, 4) is 6.07 Å². The van der Waals surface area contributed by atoms with Crippen LogP contribution >= 0.6 is 22.9 Å². The Labute approximate surface area is 181 Å². The smallest absolute Gasteiger partial charge is 0.162 e. The van der Waals surface area contributed by atoms with Crippen LogP contribution in [0.2, 0.25) is 5.75 Å². The summed E-state index contributed by atoms with van der Waals surface area (Å²) in [6, 6.07) is -0.494. The van der Waals surface area contributed by atoms with Gasteiger partial charge in [0.15, 0.2) is 1.41 Å². The number of piperidine rings is 1. The fourth-order valence-electron chi connectivity index (χ4n) is 2.48. The topological polar surface area (TPSA) is 64.8 Å². The molecule has 0 amide bonds. The number of aryl methyl sites for hydroxylation is 1. The van der Waals surface area contributed by atoms with E-state index >= 15 is 0 Å². The lowest BCUT2D eigenvalue weighted by Gasteiger charge is -2.32. The summed E-state index contributed by atoms with van der Waals surface area (Å²) >= 11 is 6.98. The minimum Gasteiger partial charge on any atom is -0.367 e. The van der Waals surface area contributed by atoms with Crippen LogP contribution in [-0.2, 0) is 6.52 Å². The van der Waals surface area contributed by atoms with Crippen LogP contribution in [0.5, 0.6) is 0 Å². The SMILES string of the molecule is [2H]c1cc(C)c(C#N)c([2H])c1C([2H])N1CC([2H])([2H])C([2H])(N([2H])c2ncnc3sc(Cl)c([2H])c23)C([2H])([2H])C1. The molecule has 0 radical (unpaired) electrons. The van der Waals surface area contributed by atoms with Gasteiger partial charge in [-0.3, -0.25) is 4.90 Å². The van der Waals surface area contributed by atoms with E-state index in [0.29, 0.717) is 10.9 Å². The van der Waals surface area contributed by atoms with Gasteiger partial charge in [-0.05, 0) is 42.9 Å². The standard InChI is InChI=1S/C20H20ClN5S/c1-13-2-3-14(8-15(13)10-22)11-26-6-4-16(5-7-26)25-19-17-9-18(21)27-20(17)24-12-23-19/h2-3,8-9,12,16H,4-7,11H2,1H3,(H,23,24,25)/i3D,4D2,5D2,8D,9D,11D,16D/hD. The number of halogens is 1. The molecule has 0 aliphatic carbocycles. The molecule has 1 saturated heterocycles. The molecule has 1 aromatic carbocycles. The zero-order chi connectivity index (χ0) is 27.7. The Kier molecular flexibility index (Phi) is 2.84. The summed E-state index contributed by atoms with van der Waals surface area (Å²) in [5, 5.41) is 9.70. The van der Waals surface area contributed by atoms with Gasteiger partial charge in [-0.15, -0.1) is 11.3 Å². The van der Waals surface area contributed by atoms with E-state index in [1.807, 2.05) is 6.07 Å². The molecule has 0 saturated carbocycles. The summed E-state index contributed by atoms with van der Waals surface area (Å²) in [4.78, 5) is 9.24. The van der Waals surface area contributed by atoms with Crippen molar-refractivity contribution in [2.45, 2.75) is 32.2 Å². The number of fused-ring (bicyclic) bond motifs is 1. The van der Waals surface area contributed by atoms with Crippen molar-refractivity contribution in [1.82, 2.24) is 14.9 Å². The number of hydrogen-bond donors (Lipinski definition) is 1. The van der Waals surface area contributed by atoms with E-state index in [9.17, 15) is 5.26 Å². The molecule has 1 atom stereocenters. The molecule has 1 aliphatic heterocycles. The van der Waals surface area contributed by atoms with Crippen molar-refractivity contribution >= 4 is 39.0 Å². The van der Waals surface area contributed by atoms with E-state index < -0.39 is 38.4 Å². The molecule has 3 heterocycles. The van der Waals surface area contributed by atoms with Gasteiger partial charge in [-0.25, -0.2) is 9.97 Å². The molecule has 1 N–H and O–H groups in total. The average Bonchev–Trinajstić information content (AvgIpc) is 3.09. The molecule has 138 valence electrons. The van der Waals surface area contributed by atoms with Crippen LogP contribution in [0, 0.1) is 18.3 Å². The maximum absolute atomic E-state index is 9.40. The number of hydrogen-bond acceptors (Lipinski definition) is 6. The van der Waals surface area contributed by atoms with Gasteiger partial charge in [0.2, 0.25) is 0 Å². The molecular formula is C20H20ClN5S.